The molecule has 4 aromatic rings. The highest BCUT2D eigenvalue weighted by Crippen LogP contribution is 2.37. The van der Waals surface area contributed by atoms with Crippen molar-refractivity contribution in [3.63, 3.8) is 0 Å². The topological polar surface area (TPSA) is 93.8 Å². The fourth-order valence-corrected chi connectivity index (χ4v) is 4.23. The van der Waals surface area contributed by atoms with Gasteiger partial charge in [0.2, 0.25) is 11.8 Å². The van der Waals surface area contributed by atoms with E-state index in [0.717, 1.165) is 21.3 Å². The molecule has 1 aromatic carbocycles. The number of carbonyl (C=O) groups excluding carboxylic acids is 1. The van der Waals surface area contributed by atoms with Crippen LogP contribution in [0.1, 0.15) is 5.89 Å². The van der Waals surface area contributed by atoms with E-state index < -0.39 is 0 Å². The standard InChI is InChI=1S/C17H12FN5O2S2/c1-9-22-23-17(25-9)21-13(24)7-27-16-14-12(6-26-15(14)19-8-20-16)10-2-4-11(18)5-3-10/h2-6,8H,7H2,1H3,(H,21,23,24). The highest BCUT2D eigenvalue weighted by atomic mass is 32.2. The number of nitrogens with zero attached hydrogens (tertiary/aromatic N) is 4. The zero-order chi connectivity index (χ0) is 18.8. The van der Waals surface area contributed by atoms with Crippen LogP contribution in [-0.2, 0) is 4.79 Å². The number of carbonyl (C=O) groups is 1. The lowest BCUT2D eigenvalue weighted by Crippen LogP contribution is -2.14. The molecule has 0 bridgehead atoms. The summed E-state index contributed by atoms with van der Waals surface area (Å²) in [7, 11) is 0. The minimum absolute atomic E-state index is 0.0634. The molecular formula is C17H12FN5O2S2. The number of rotatable bonds is 5. The Morgan fingerprint density at radius 3 is 2.81 bits per heavy atom. The minimum atomic E-state index is -0.294. The molecule has 0 fully saturated rings. The van der Waals surface area contributed by atoms with Gasteiger partial charge in [0.15, 0.2) is 0 Å². The van der Waals surface area contributed by atoms with Gasteiger partial charge in [0, 0.05) is 17.9 Å². The highest BCUT2D eigenvalue weighted by Gasteiger charge is 2.15. The average Bonchev–Trinajstić information content (AvgIpc) is 3.27. The summed E-state index contributed by atoms with van der Waals surface area (Å²) in [5.41, 5.74) is 1.77. The molecule has 0 aliphatic heterocycles. The Balaban J connectivity index is 1.57. The third kappa shape index (κ3) is 3.81. The Bertz CT molecular complexity index is 1110. The molecule has 7 nitrogen and oxygen atoms in total. The van der Waals surface area contributed by atoms with E-state index in [2.05, 4.69) is 25.5 Å². The van der Waals surface area contributed by atoms with Gasteiger partial charge < -0.3 is 4.42 Å². The summed E-state index contributed by atoms with van der Waals surface area (Å²) in [5.74, 6) is -0.0876. The van der Waals surface area contributed by atoms with Crippen LogP contribution in [0.5, 0.6) is 0 Å². The van der Waals surface area contributed by atoms with Gasteiger partial charge in [0.25, 0.3) is 0 Å². The van der Waals surface area contributed by atoms with E-state index in [0.29, 0.717) is 10.9 Å². The van der Waals surface area contributed by atoms with Gasteiger partial charge in [-0.2, -0.15) is 0 Å². The normalized spacial score (nSPS) is 11.0. The molecule has 0 saturated carbocycles. The number of anilines is 1. The van der Waals surface area contributed by atoms with Gasteiger partial charge in [-0.15, -0.1) is 16.4 Å². The largest absolute Gasteiger partial charge is 0.408 e. The minimum Gasteiger partial charge on any atom is -0.408 e. The van der Waals surface area contributed by atoms with Crippen molar-refractivity contribution in [2.75, 3.05) is 11.1 Å². The molecule has 0 aliphatic rings. The first-order valence-electron chi connectivity index (χ1n) is 7.81. The molecule has 3 aromatic heterocycles. The first kappa shape index (κ1) is 17.6. The summed E-state index contributed by atoms with van der Waals surface area (Å²) in [4.78, 5) is 21.5. The van der Waals surface area contributed by atoms with Crippen LogP contribution in [0.3, 0.4) is 0 Å². The number of aryl methyl sites for hydroxylation is 1. The van der Waals surface area contributed by atoms with Crippen LogP contribution in [0.4, 0.5) is 10.4 Å². The monoisotopic (exact) mass is 401 g/mol. The number of benzene rings is 1. The zero-order valence-corrected chi connectivity index (χ0v) is 15.6. The summed E-state index contributed by atoms with van der Waals surface area (Å²) < 4.78 is 18.4. The van der Waals surface area contributed by atoms with E-state index in [-0.39, 0.29) is 23.5 Å². The molecule has 0 saturated heterocycles. The van der Waals surface area contributed by atoms with Crippen LogP contribution in [0.25, 0.3) is 21.3 Å². The van der Waals surface area contributed by atoms with Crippen LogP contribution in [0, 0.1) is 12.7 Å². The number of fused-ring (bicyclic) bond motifs is 1. The fourth-order valence-electron chi connectivity index (χ4n) is 2.44. The Morgan fingerprint density at radius 2 is 2.07 bits per heavy atom. The molecular weight excluding hydrogens is 389 g/mol. The zero-order valence-electron chi connectivity index (χ0n) is 14.0. The van der Waals surface area contributed by atoms with Crippen molar-refractivity contribution < 1.29 is 13.6 Å². The second-order valence-corrected chi connectivity index (χ2v) is 7.30. The lowest BCUT2D eigenvalue weighted by atomic mass is 10.1. The number of thioether (sulfide) groups is 1. The number of aromatic nitrogens is 4. The molecule has 27 heavy (non-hydrogen) atoms. The summed E-state index contributed by atoms with van der Waals surface area (Å²) >= 11 is 2.76. The lowest BCUT2D eigenvalue weighted by molar-refractivity contribution is -0.113. The number of amides is 1. The smallest absolute Gasteiger partial charge is 0.322 e. The van der Waals surface area contributed by atoms with Crippen molar-refractivity contribution in [1.29, 1.82) is 0 Å². The van der Waals surface area contributed by atoms with Crippen molar-refractivity contribution in [1.82, 2.24) is 20.2 Å². The van der Waals surface area contributed by atoms with Crippen LogP contribution in [0.15, 0.2) is 45.4 Å². The van der Waals surface area contributed by atoms with E-state index in [1.54, 1.807) is 19.1 Å². The molecule has 136 valence electrons. The Morgan fingerprint density at radius 1 is 1.26 bits per heavy atom. The molecule has 1 amide bonds. The van der Waals surface area contributed by atoms with Gasteiger partial charge >= 0.3 is 6.01 Å². The highest BCUT2D eigenvalue weighted by molar-refractivity contribution is 8.00. The summed E-state index contributed by atoms with van der Waals surface area (Å²) in [6.07, 6.45) is 1.47. The third-order valence-corrected chi connectivity index (χ3v) is 5.48. The third-order valence-electron chi connectivity index (χ3n) is 3.60. The van der Waals surface area contributed by atoms with Gasteiger partial charge in [-0.05, 0) is 17.7 Å². The average molecular weight is 401 g/mol. The molecule has 4 rings (SSSR count). The first-order chi connectivity index (χ1) is 13.1. The van der Waals surface area contributed by atoms with Crippen molar-refractivity contribution in [3.05, 3.63) is 47.7 Å². The van der Waals surface area contributed by atoms with E-state index in [9.17, 15) is 9.18 Å². The predicted octanol–water partition coefficient (Wildman–Crippen LogP) is 3.92. The number of nitrogens with one attached hydrogen (secondary N) is 1. The summed E-state index contributed by atoms with van der Waals surface area (Å²) in [6, 6.07) is 6.31. The van der Waals surface area contributed by atoms with Crippen molar-refractivity contribution >= 4 is 45.2 Å². The first-order valence-corrected chi connectivity index (χ1v) is 9.67. The van der Waals surface area contributed by atoms with Gasteiger partial charge in [0.05, 0.1) is 11.1 Å². The molecule has 0 unspecified atom stereocenters. The number of thiophene rings is 1. The number of halogens is 1. The van der Waals surface area contributed by atoms with Crippen molar-refractivity contribution in [2.45, 2.75) is 11.9 Å². The Hall–Kier alpha value is -2.85. The molecule has 0 aliphatic carbocycles. The van der Waals surface area contributed by atoms with Gasteiger partial charge in [-0.1, -0.05) is 29.0 Å². The molecule has 1 N–H and O–H groups in total. The fraction of sp³-hybridized carbons (Fsp3) is 0.118. The second-order valence-electron chi connectivity index (χ2n) is 5.48. The van der Waals surface area contributed by atoms with Gasteiger partial charge in [0.1, 0.15) is 22.0 Å². The van der Waals surface area contributed by atoms with Crippen LogP contribution in [0.2, 0.25) is 0 Å². The Kier molecular flexibility index (Phi) is 4.82. The Labute approximate surface area is 161 Å². The van der Waals surface area contributed by atoms with E-state index in [4.69, 9.17) is 4.42 Å². The predicted molar refractivity (Wildman–Crippen MR) is 101 cm³/mol. The molecule has 0 atom stereocenters. The van der Waals surface area contributed by atoms with Crippen LogP contribution >= 0.6 is 23.1 Å². The SMILES string of the molecule is Cc1nnc(NC(=O)CSc2ncnc3scc(-c4ccc(F)cc4)c23)o1. The van der Waals surface area contributed by atoms with Crippen molar-refractivity contribution in [2.24, 2.45) is 0 Å². The maximum absolute atomic E-state index is 13.2. The van der Waals surface area contributed by atoms with Gasteiger partial charge in [-0.25, -0.2) is 14.4 Å². The lowest BCUT2D eigenvalue weighted by Gasteiger charge is -2.05. The maximum Gasteiger partial charge on any atom is 0.322 e. The molecule has 0 radical (unpaired) electrons. The van der Waals surface area contributed by atoms with Crippen LogP contribution < -0.4 is 5.32 Å². The second kappa shape index (κ2) is 7.41. The van der Waals surface area contributed by atoms with E-state index in [1.165, 1.54) is 41.6 Å². The van der Waals surface area contributed by atoms with E-state index in [1.807, 2.05) is 5.38 Å². The van der Waals surface area contributed by atoms with Crippen molar-refractivity contribution in [3.8, 4) is 11.1 Å². The number of hydrogen-bond acceptors (Lipinski definition) is 8. The quantitative estimate of drug-likeness (QED) is 0.400. The summed E-state index contributed by atoms with van der Waals surface area (Å²) in [5, 5.41) is 13.4. The van der Waals surface area contributed by atoms with E-state index >= 15 is 0 Å². The van der Waals surface area contributed by atoms with Gasteiger partial charge in [-0.3, -0.25) is 10.1 Å². The molecule has 10 heteroatoms. The molecule has 0 spiro atoms. The molecule has 3 heterocycles. The maximum atomic E-state index is 13.2. The number of hydrogen-bond donors (Lipinski definition) is 1. The van der Waals surface area contributed by atoms with Crippen LogP contribution in [-0.4, -0.2) is 31.8 Å². The summed E-state index contributed by atoms with van der Waals surface area (Å²) in [6.45, 7) is 1.64.